The first-order chi connectivity index (χ1) is 11.8. The van der Waals surface area contributed by atoms with Crippen LogP contribution in [0.4, 0.5) is 10.1 Å². The molecule has 0 bridgehead atoms. The Morgan fingerprint density at radius 2 is 1.79 bits per heavy atom. The fourth-order valence-electron chi connectivity index (χ4n) is 4.51. The van der Waals surface area contributed by atoms with Gasteiger partial charge in [0.1, 0.15) is 17.8 Å². The molecule has 0 amide bonds. The monoisotopic (exact) mass is 321 g/mol. The van der Waals surface area contributed by atoms with E-state index >= 15 is 0 Å². The minimum absolute atomic E-state index is 0.164. The van der Waals surface area contributed by atoms with E-state index in [4.69, 9.17) is 4.99 Å². The predicted molar refractivity (Wildman–Crippen MR) is 94.1 cm³/mol. The van der Waals surface area contributed by atoms with E-state index in [0.29, 0.717) is 12.1 Å². The minimum atomic E-state index is -0.164. The third kappa shape index (κ3) is 1.98. The van der Waals surface area contributed by atoms with Crippen molar-refractivity contribution >= 4 is 11.5 Å². The van der Waals surface area contributed by atoms with Gasteiger partial charge in [-0.1, -0.05) is 24.3 Å². The molecule has 3 nitrogen and oxygen atoms in total. The number of nitrogens with zero attached hydrogens (tertiary/aromatic N) is 3. The normalized spacial score (nSPS) is 25.0. The van der Waals surface area contributed by atoms with Gasteiger partial charge in [0.2, 0.25) is 0 Å². The van der Waals surface area contributed by atoms with E-state index in [-0.39, 0.29) is 5.82 Å². The zero-order chi connectivity index (χ0) is 16.1. The van der Waals surface area contributed by atoms with Crippen molar-refractivity contribution < 1.29 is 4.39 Å². The van der Waals surface area contributed by atoms with Gasteiger partial charge in [0.25, 0.3) is 0 Å². The van der Waals surface area contributed by atoms with Gasteiger partial charge in [-0.2, -0.15) is 0 Å². The summed E-state index contributed by atoms with van der Waals surface area (Å²) < 4.78 is 13.3. The molecule has 3 heterocycles. The molecule has 0 radical (unpaired) electrons. The van der Waals surface area contributed by atoms with Crippen LogP contribution in [0.1, 0.15) is 29.9 Å². The third-order valence-corrected chi connectivity index (χ3v) is 5.52. The highest BCUT2D eigenvalue weighted by Gasteiger charge is 2.45. The molecule has 0 saturated carbocycles. The van der Waals surface area contributed by atoms with E-state index in [1.807, 2.05) is 12.1 Å². The molecule has 122 valence electrons. The molecule has 3 aliphatic rings. The van der Waals surface area contributed by atoms with Gasteiger partial charge in [-0.05, 0) is 42.7 Å². The summed E-state index contributed by atoms with van der Waals surface area (Å²) in [7, 11) is 0. The van der Waals surface area contributed by atoms with E-state index in [2.05, 4.69) is 34.1 Å². The molecular weight excluding hydrogens is 301 g/mol. The Balaban J connectivity index is 1.62. The zero-order valence-electron chi connectivity index (χ0n) is 13.5. The topological polar surface area (TPSA) is 18.8 Å². The van der Waals surface area contributed by atoms with Crippen molar-refractivity contribution in [1.29, 1.82) is 0 Å². The SMILES string of the molecule is Fc1ccc(C2CCN3c4ccccc4C4=NCCCN4C23)cc1. The van der Waals surface area contributed by atoms with Crippen LogP contribution in [0.25, 0.3) is 0 Å². The quantitative estimate of drug-likeness (QED) is 0.799. The number of hydrogen-bond acceptors (Lipinski definition) is 3. The summed E-state index contributed by atoms with van der Waals surface area (Å²) in [5.74, 6) is 1.37. The lowest BCUT2D eigenvalue weighted by molar-refractivity contribution is 0.275. The highest BCUT2D eigenvalue weighted by molar-refractivity contribution is 6.06. The van der Waals surface area contributed by atoms with Gasteiger partial charge in [0, 0.05) is 36.8 Å². The van der Waals surface area contributed by atoms with E-state index in [9.17, 15) is 4.39 Å². The number of amidine groups is 1. The van der Waals surface area contributed by atoms with Crippen molar-refractivity contribution in [2.24, 2.45) is 4.99 Å². The molecule has 2 aromatic rings. The van der Waals surface area contributed by atoms with Crippen molar-refractivity contribution in [2.75, 3.05) is 24.5 Å². The van der Waals surface area contributed by atoms with Crippen molar-refractivity contribution in [3.05, 3.63) is 65.5 Å². The summed E-state index contributed by atoms with van der Waals surface area (Å²) >= 11 is 0. The Labute approximate surface area is 141 Å². The Morgan fingerprint density at radius 3 is 2.67 bits per heavy atom. The van der Waals surface area contributed by atoms with Crippen LogP contribution in [-0.4, -0.2) is 36.5 Å². The molecule has 2 atom stereocenters. The average Bonchev–Trinajstić information content (AvgIpc) is 3.08. The van der Waals surface area contributed by atoms with Gasteiger partial charge in [-0.25, -0.2) is 4.39 Å². The molecule has 0 N–H and O–H groups in total. The Hall–Kier alpha value is -2.36. The highest BCUT2D eigenvalue weighted by Crippen LogP contribution is 2.44. The molecule has 1 saturated heterocycles. The summed E-state index contributed by atoms with van der Waals surface area (Å²) in [6, 6.07) is 15.7. The molecule has 2 unspecified atom stereocenters. The van der Waals surface area contributed by atoms with E-state index in [1.54, 1.807) is 12.1 Å². The number of halogens is 1. The first kappa shape index (κ1) is 14.0. The van der Waals surface area contributed by atoms with Crippen LogP contribution in [0, 0.1) is 5.82 Å². The van der Waals surface area contributed by atoms with Gasteiger partial charge in [-0.15, -0.1) is 0 Å². The minimum Gasteiger partial charge on any atom is -0.350 e. The maximum Gasteiger partial charge on any atom is 0.134 e. The third-order valence-electron chi connectivity index (χ3n) is 5.52. The van der Waals surface area contributed by atoms with Crippen LogP contribution < -0.4 is 4.90 Å². The second kappa shape index (κ2) is 5.33. The first-order valence-corrected chi connectivity index (χ1v) is 8.75. The summed E-state index contributed by atoms with van der Waals surface area (Å²) in [6.45, 7) is 2.99. The van der Waals surface area contributed by atoms with Crippen molar-refractivity contribution in [2.45, 2.75) is 24.9 Å². The summed E-state index contributed by atoms with van der Waals surface area (Å²) in [5.41, 5.74) is 3.78. The molecule has 0 spiro atoms. The van der Waals surface area contributed by atoms with E-state index in [0.717, 1.165) is 38.3 Å². The number of anilines is 1. The van der Waals surface area contributed by atoms with Crippen LogP contribution >= 0.6 is 0 Å². The largest absolute Gasteiger partial charge is 0.350 e. The van der Waals surface area contributed by atoms with Crippen LogP contribution in [0.2, 0.25) is 0 Å². The van der Waals surface area contributed by atoms with E-state index < -0.39 is 0 Å². The van der Waals surface area contributed by atoms with Gasteiger partial charge >= 0.3 is 0 Å². The summed E-state index contributed by atoms with van der Waals surface area (Å²) in [6.07, 6.45) is 2.49. The fraction of sp³-hybridized carbons (Fsp3) is 0.350. The van der Waals surface area contributed by atoms with Crippen LogP contribution in [0.15, 0.2) is 53.5 Å². The summed E-state index contributed by atoms with van der Waals surface area (Å²) in [5, 5.41) is 0. The standard InChI is InChI=1S/C20H20FN3/c21-15-8-6-14(7-9-15)16-10-13-23-18-5-2-1-4-17(18)19-22-11-3-12-24(19)20(16)23/h1-2,4-9,16,20H,3,10-13H2. The zero-order valence-corrected chi connectivity index (χ0v) is 13.5. The lowest BCUT2D eigenvalue weighted by Gasteiger charge is -2.47. The second-order valence-electron chi connectivity index (χ2n) is 6.82. The number of hydrogen-bond donors (Lipinski definition) is 0. The van der Waals surface area contributed by atoms with E-state index in [1.165, 1.54) is 16.8 Å². The maximum atomic E-state index is 13.3. The Morgan fingerprint density at radius 1 is 0.958 bits per heavy atom. The lowest BCUT2D eigenvalue weighted by atomic mass is 9.92. The Bertz CT molecular complexity index is 799. The van der Waals surface area contributed by atoms with Gasteiger partial charge in [-0.3, -0.25) is 4.99 Å². The molecule has 5 rings (SSSR count). The first-order valence-electron chi connectivity index (χ1n) is 8.75. The van der Waals surface area contributed by atoms with Crippen molar-refractivity contribution in [3.63, 3.8) is 0 Å². The fourth-order valence-corrected chi connectivity index (χ4v) is 4.51. The predicted octanol–water partition coefficient (Wildman–Crippen LogP) is 3.61. The second-order valence-corrected chi connectivity index (χ2v) is 6.82. The summed E-state index contributed by atoms with van der Waals surface area (Å²) in [4.78, 5) is 9.85. The average molecular weight is 321 g/mol. The molecule has 2 aromatic carbocycles. The smallest absolute Gasteiger partial charge is 0.134 e. The van der Waals surface area contributed by atoms with Crippen LogP contribution in [0.3, 0.4) is 0 Å². The molecule has 24 heavy (non-hydrogen) atoms. The number of para-hydroxylation sites is 1. The Kier molecular flexibility index (Phi) is 3.12. The van der Waals surface area contributed by atoms with Crippen molar-refractivity contribution in [1.82, 2.24) is 4.90 Å². The molecule has 1 fully saturated rings. The van der Waals surface area contributed by atoms with Crippen LogP contribution in [-0.2, 0) is 0 Å². The number of benzene rings is 2. The maximum absolute atomic E-state index is 13.3. The van der Waals surface area contributed by atoms with Gasteiger partial charge in [0.15, 0.2) is 0 Å². The molecule has 0 aromatic heterocycles. The van der Waals surface area contributed by atoms with Crippen LogP contribution in [0.5, 0.6) is 0 Å². The number of aliphatic imine (C=N–C) groups is 1. The molecule has 0 aliphatic carbocycles. The molecular formula is C20H20FN3. The van der Waals surface area contributed by atoms with Gasteiger partial charge < -0.3 is 9.80 Å². The lowest BCUT2D eigenvalue weighted by Crippen LogP contribution is -2.56. The highest BCUT2D eigenvalue weighted by atomic mass is 19.1. The molecule has 3 aliphatic heterocycles. The van der Waals surface area contributed by atoms with Crippen molar-refractivity contribution in [3.8, 4) is 0 Å². The molecule has 4 heteroatoms. The number of rotatable bonds is 1. The number of fused-ring (bicyclic) bond motifs is 6. The van der Waals surface area contributed by atoms with Gasteiger partial charge in [0.05, 0.1) is 0 Å².